The topological polar surface area (TPSA) is 156 Å². The number of aryl methyl sites for hydroxylation is 1. The zero-order valence-corrected chi connectivity index (χ0v) is 55.5. The monoisotopic (exact) mass is 1260 g/mol. The van der Waals surface area contributed by atoms with Gasteiger partial charge in [-0.25, -0.2) is 31.6 Å². The third-order valence-electron chi connectivity index (χ3n) is 23.2. The fourth-order valence-electron chi connectivity index (χ4n) is 18.6. The number of para-hydroxylation sites is 1. The first-order valence-corrected chi connectivity index (χ1v) is 35.7. The van der Waals surface area contributed by atoms with E-state index in [9.17, 15) is 36.4 Å². The number of benzene rings is 3. The molecule has 5 unspecified atom stereocenters. The van der Waals surface area contributed by atoms with Gasteiger partial charge in [0.15, 0.2) is 0 Å². The molecule has 0 N–H and O–H groups in total. The van der Waals surface area contributed by atoms with Gasteiger partial charge in [-0.1, -0.05) is 36.2 Å². The summed E-state index contributed by atoms with van der Waals surface area (Å²) in [4.78, 5) is 64.2. The molecule has 9 heterocycles. The molecule has 8 fully saturated rings. The highest BCUT2D eigenvalue weighted by Gasteiger charge is 2.53. The number of carbonyl (C=O) groups is 4. The van der Waals surface area contributed by atoms with E-state index >= 15 is 0 Å². The largest absolute Gasteiger partial charge is 0.453 e. The fraction of sp³-hybridized carbons (Fsp3) is 0.686. The Morgan fingerprint density at radius 1 is 0.633 bits per heavy atom. The van der Waals surface area contributed by atoms with Gasteiger partial charge in [0.25, 0.3) is 0 Å². The van der Waals surface area contributed by atoms with Crippen molar-refractivity contribution < 1.29 is 50.6 Å². The molecule has 14 rings (SSSR count). The molecule has 17 nitrogen and oxygen atoms in total. The highest BCUT2D eigenvalue weighted by Crippen LogP contribution is 2.53. The number of carbonyl (C=O) groups excluding carboxylic acids is 4. The maximum absolute atomic E-state index is 14.5. The lowest BCUT2D eigenvalue weighted by atomic mass is 9.73. The van der Waals surface area contributed by atoms with Crippen LogP contribution in [0.1, 0.15) is 160 Å². The van der Waals surface area contributed by atoms with Crippen LogP contribution in [0.2, 0.25) is 0 Å². The number of methoxy groups -OCH3 is 1. The third-order valence-corrected chi connectivity index (χ3v) is 24.3. The van der Waals surface area contributed by atoms with Gasteiger partial charge in [-0.15, -0.1) is 0 Å². The van der Waals surface area contributed by atoms with Gasteiger partial charge in [0.1, 0.15) is 17.2 Å². The van der Waals surface area contributed by atoms with Crippen LogP contribution in [-0.4, -0.2) is 185 Å². The van der Waals surface area contributed by atoms with E-state index < -0.39 is 15.6 Å². The Morgan fingerprint density at radius 3 is 1.82 bits per heavy atom. The number of rotatable bonds is 6. The van der Waals surface area contributed by atoms with Gasteiger partial charge in [0, 0.05) is 86.6 Å². The van der Waals surface area contributed by atoms with Gasteiger partial charge < -0.3 is 43.6 Å². The summed E-state index contributed by atoms with van der Waals surface area (Å²) in [6, 6.07) is 17.6. The number of piperidine rings is 5. The van der Waals surface area contributed by atoms with E-state index in [0.717, 1.165) is 171 Å². The van der Waals surface area contributed by atoms with Gasteiger partial charge in [-0.3, -0.25) is 14.0 Å². The minimum absolute atomic E-state index is 0.0867. The SMILES string of the molecule is CCOC(=O)N1CCC(N2CCC3(CC2)CN(C(C)=O)c2c(F)cccc23)CC1.COC(=O)N1C2CCC1CC(N1CCC3(CC1)CN(S(C)(=O)=O)c1ccc(F)cc13)C2.Cc1ccc2c(c1)C1(CCN(CC3CC4CCC3C4)CC1)CN2C(=O)OC(C)(C)C. The van der Waals surface area contributed by atoms with Crippen molar-refractivity contribution in [1.29, 1.82) is 0 Å². The van der Waals surface area contributed by atoms with Crippen LogP contribution in [0.4, 0.5) is 40.2 Å². The molecule has 0 aromatic heterocycles. The maximum atomic E-state index is 14.5. The zero-order valence-electron chi connectivity index (χ0n) is 54.7. The summed E-state index contributed by atoms with van der Waals surface area (Å²) < 4.78 is 70.7. The standard InChI is InChI=1S/C26H38N2O2.C22H30FN3O4S.C22H30FN3O3/c1-18-5-8-23-22(13-18)26(17-28(23)24(29)30-25(2,3)4)9-11-27(12-10-26)16-21-15-19-6-7-20(21)14-19;1-30-21(27)26-16-4-5-17(26)13-18(12-16)24-9-7-22(8-10-24)14-25(31(2,28)29)20-6-3-15(23)11-19(20)22;1-3-29-21(28)25-11-7-17(8-12-25)24-13-9-22(10-14-24)15-26(16(2)27)20-18(22)5-4-6-19(20)23/h5,8,13,19-21H,6-7,9-12,14-17H2,1-4H3;3,6,11,16-18H,4-5,7-10,12-14H2,1-2H3;4-6,17H,3,7-15H2,1-2H3. The summed E-state index contributed by atoms with van der Waals surface area (Å²) in [7, 11) is -1.97. The van der Waals surface area contributed by atoms with Crippen molar-refractivity contribution in [3.63, 3.8) is 0 Å². The van der Waals surface area contributed by atoms with Crippen LogP contribution in [0.25, 0.3) is 0 Å². The first kappa shape index (κ1) is 64.5. The van der Waals surface area contributed by atoms with Crippen molar-refractivity contribution in [2.45, 2.75) is 190 Å². The normalized spacial score (nSPS) is 27.5. The molecule has 2 aliphatic carbocycles. The van der Waals surface area contributed by atoms with Gasteiger partial charge in [-0.05, 0) is 235 Å². The number of halogens is 2. The maximum Gasteiger partial charge on any atom is 0.414 e. The van der Waals surface area contributed by atoms with Crippen LogP contribution in [0.15, 0.2) is 54.6 Å². The van der Waals surface area contributed by atoms with E-state index in [1.54, 1.807) is 21.9 Å². The Labute approximate surface area is 533 Å². The van der Waals surface area contributed by atoms with Gasteiger partial charge in [0.05, 0.1) is 37.0 Å². The highest BCUT2D eigenvalue weighted by molar-refractivity contribution is 7.92. The Bertz CT molecular complexity index is 3260. The summed E-state index contributed by atoms with van der Waals surface area (Å²) in [5, 5.41) is 0. The number of anilines is 3. The molecular formula is C70H98F2N8O9S. The van der Waals surface area contributed by atoms with E-state index in [0.29, 0.717) is 43.2 Å². The minimum Gasteiger partial charge on any atom is -0.453 e. The van der Waals surface area contributed by atoms with E-state index in [1.807, 2.05) is 43.6 Å². The number of likely N-dealkylation sites (tertiary alicyclic amines) is 4. The first-order chi connectivity index (χ1) is 42.9. The van der Waals surface area contributed by atoms with Crippen LogP contribution in [-0.2, 0) is 45.3 Å². The molecule has 90 heavy (non-hydrogen) atoms. The molecule has 4 amide bonds. The van der Waals surface area contributed by atoms with Crippen molar-refractivity contribution in [3.8, 4) is 0 Å². The number of amides is 4. The van der Waals surface area contributed by atoms with Crippen LogP contribution < -0.4 is 14.1 Å². The van der Waals surface area contributed by atoms with Crippen molar-refractivity contribution in [3.05, 3.63) is 88.5 Å². The zero-order chi connectivity index (χ0) is 63.7. The Balaban J connectivity index is 0.000000131. The summed E-state index contributed by atoms with van der Waals surface area (Å²) in [6.07, 6.45) is 18.2. The van der Waals surface area contributed by atoms with Gasteiger partial charge in [-0.2, -0.15) is 0 Å². The smallest absolute Gasteiger partial charge is 0.414 e. The molecule has 20 heteroatoms. The van der Waals surface area contributed by atoms with Crippen LogP contribution >= 0.6 is 0 Å². The second-order valence-electron chi connectivity index (χ2n) is 29.7. The number of sulfonamides is 1. The van der Waals surface area contributed by atoms with Crippen molar-refractivity contribution in [1.82, 2.24) is 24.5 Å². The summed E-state index contributed by atoms with van der Waals surface area (Å²) in [6.45, 7) is 22.2. The van der Waals surface area contributed by atoms with Gasteiger partial charge >= 0.3 is 18.3 Å². The molecule has 11 aliphatic rings. The lowest BCUT2D eigenvalue weighted by Gasteiger charge is -2.47. The van der Waals surface area contributed by atoms with E-state index in [4.69, 9.17) is 14.2 Å². The second-order valence-corrected chi connectivity index (χ2v) is 31.6. The molecular weight excluding hydrogens is 1170 g/mol. The van der Waals surface area contributed by atoms with Gasteiger partial charge in [0.2, 0.25) is 15.9 Å². The summed E-state index contributed by atoms with van der Waals surface area (Å²) in [5.74, 6) is 2.26. The van der Waals surface area contributed by atoms with E-state index in [2.05, 4.69) is 39.8 Å². The van der Waals surface area contributed by atoms with Crippen LogP contribution in [0.3, 0.4) is 0 Å². The average molecular weight is 1270 g/mol. The molecule has 3 aromatic carbocycles. The molecule has 4 bridgehead atoms. The molecule has 0 radical (unpaired) electrons. The summed E-state index contributed by atoms with van der Waals surface area (Å²) >= 11 is 0. The van der Waals surface area contributed by atoms with Crippen molar-refractivity contribution >= 4 is 51.3 Å². The predicted octanol–water partition coefficient (Wildman–Crippen LogP) is 11.4. The molecule has 6 saturated heterocycles. The lowest BCUT2D eigenvalue weighted by Crippen LogP contribution is -2.55. The third kappa shape index (κ3) is 12.7. The lowest BCUT2D eigenvalue weighted by molar-refractivity contribution is -0.116. The van der Waals surface area contributed by atoms with Crippen molar-refractivity contribution in [2.24, 2.45) is 17.8 Å². The second kappa shape index (κ2) is 25.4. The first-order valence-electron chi connectivity index (χ1n) is 33.8. The Hall–Kier alpha value is -5.57. The average Bonchev–Trinajstić information content (AvgIpc) is 1.60. The van der Waals surface area contributed by atoms with Crippen LogP contribution in [0.5, 0.6) is 0 Å². The quantitative estimate of drug-likeness (QED) is 0.216. The number of ether oxygens (including phenoxy) is 3. The number of hydrogen-bond acceptors (Lipinski definition) is 12. The highest BCUT2D eigenvalue weighted by atomic mass is 32.2. The van der Waals surface area contributed by atoms with E-state index in [1.165, 1.54) is 86.1 Å². The van der Waals surface area contributed by atoms with Crippen LogP contribution in [0, 0.1) is 36.3 Å². The van der Waals surface area contributed by atoms with Crippen molar-refractivity contribution in [2.75, 3.05) is 113 Å². The predicted molar refractivity (Wildman–Crippen MR) is 345 cm³/mol. The molecule has 2 saturated carbocycles. The molecule has 492 valence electrons. The molecule has 3 spiro atoms. The fourth-order valence-corrected chi connectivity index (χ4v) is 19.6. The molecule has 5 atom stereocenters. The minimum atomic E-state index is -3.41. The Kier molecular flexibility index (Phi) is 18.2. The number of nitrogens with zero attached hydrogens (tertiary/aromatic N) is 8. The molecule has 3 aromatic rings. The van der Waals surface area contributed by atoms with E-state index in [-0.39, 0.29) is 64.1 Å². The molecule has 9 aliphatic heterocycles. The number of hydrogen-bond donors (Lipinski definition) is 0. The Morgan fingerprint density at radius 2 is 1.23 bits per heavy atom. The summed E-state index contributed by atoms with van der Waals surface area (Å²) in [5.41, 5.74) is 5.78. The number of fused-ring (bicyclic) bond motifs is 10.